The molecule has 0 fully saturated rings. The van der Waals surface area contributed by atoms with Gasteiger partial charge in [0.2, 0.25) is 0 Å². The summed E-state index contributed by atoms with van der Waals surface area (Å²) in [6.07, 6.45) is 3.65. The Balaban J connectivity index is 1.71. The molecule has 0 radical (unpaired) electrons. The standard InChI is InChI=1S/C18H19NO5S/c1-23-12-7-3-4-8-13(12)24-10-15(20)19-17-16(18(21)22)11-6-2-5-9-14(11)25-17/h3-4,7-8H,2,5-6,9-10H2,1H3,(H,19,20)(H,21,22). The highest BCUT2D eigenvalue weighted by molar-refractivity contribution is 7.17. The van der Waals surface area contributed by atoms with E-state index in [1.807, 2.05) is 0 Å². The van der Waals surface area contributed by atoms with E-state index in [0.29, 0.717) is 16.5 Å². The number of fused-ring (bicyclic) bond motifs is 1. The Morgan fingerprint density at radius 1 is 1.20 bits per heavy atom. The fourth-order valence-electron chi connectivity index (χ4n) is 2.92. The topological polar surface area (TPSA) is 84.9 Å². The lowest BCUT2D eigenvalue weighted by Gasteiger charge is -2.11. The van der Waals surface area contributed by atoms with Gasteiger partial charge in [0.1, 0.15) is 5.00 Å². The van der Waals surface area contributed by atoms with E-state index in [1.165, 1.54) is 18.4 Å². The van der Waals surface area contributed by atoms with Gasteiger partial charge in [-0.3, -0.25) is 4.79 Å². The smallest absolute Gasteiger partial charge is 0.339 e. The average Bonchev–Trinajstić information content (AvgIpc) is 2.98. The van der Waals surface area contributed by atoms with E-state index in [-0.39, 0.29) is 12.2 Å². The van der Waals surface area contributed by atoms with E-state index in [4.69, 9.17) is 9.47 Å². The number of para-hydroxylation sites is 2. The van der Waals surface area contributed by atoms with Crippen LogP contribution in [0.5, 0.6) is 11.5 Å². The highest BCUT2D eigenvalue weighted by atomic mass is 32.1. The van der Waals surface area contributed by atoms with E-state index in [1.54, 1.807) is 24.3 Å². The van der Waals surface area contributed by atoms with Gasteiger partial charge in [0.15, 0.2) is 18.1 Å². The zero-order valence-electron chi connectivity index (χ0n) is 13.8. The molecule has 25 heavy (non-hydrogen) atoms. The molecule has 0 bridgehead atoms. The zero-order valence-corrected chi connectivity index (χ0v) is 14.6. The van der Waals surface area contributed by atoms with Gasteiger partial charge in [-0.2, -0.15) is 0 Å². The maximum absolute atomic E-state index is 12.2. The number of hydrogen-bond donors (Lipinski definition) is 2. The number of nitrogens with one attached hydrogen (secondary N) is 1. The summed E-state index contributed by atoms with van der Waals surface area (Å²) in [6.45, 7) is -0.220. The third-order valence-corrected chi connectivity index (χ3v) is 5.27. The van der Waals surface area contributed by atoms with E-state index in [2.05, 4.69) is 5.32 Å². The first-order chi connectivity index (χ1) is 12.1. The molecule has 1 heterocycles. The van der Waals surface area contributed by atoms with Gasteiger partial charge in [-0.05, 0) is 43.4 Å². The SMILES string of the molecule is COc1ccccc1OCC(=O)Nc1sc2c(c1C(=O)O)CCCC2. The Hall–Kier alpha value is -2.54. The molecule has 0 saturated carbocycles. The predicted octanol–water partition coefficient (Wildman–Crippen LogP) is 3.35. The number of carbonyl (C=O) groups excluding carboxylic acids is 1. The number of thiophene rings is 1. The molecular weight excluding hydrogens is 342 g/mol. The molecule has 0 unspecified atom stereocenters. The van der Waals surface area contributed by atoms with Crippen LogP contribution in [0.3, 0.4) is 0 Å². The van der Waals surface area contributed by atoms with Crippen molar-refractivity contribution in [1.29, 1.82) is 0 Å². The molecule has 1 aromatic carbocycles. The highest BCUT2D eigenvalue weighted by Crippen LogP contribution is 2.38. The van der Waals surface area contributed by atoms with E-state index < -0.39 is 11.9 Å². The number of carboxylic acid groups (broad SMARTS) is 1. The molecule has 3 rings (SSSR count). The first kappa shape index (κ1) is 17.3. The largest absolute Gasteiger partial charge is 0.493 e. The Morgan fingerprint density at radius 3 is 2.64 bits per heavy atom. The summed E-state index contributed by atoms with van der Waals surface area (Å²) < 4.78 is 10.7. The van der Waals surface area contributed by atoms with Gasteiger partial charge in [-0.15, -0.1) is 11.3 Å². The number of carboxylic acids is 1. The van der Waals surface area contributed by atoms with E-state index in [9.17, 15) is 14.7 Å². The van der Waals surface area contributed by atoms with E-state index in [0.717, 1.165) is 36.1 Å². The van der Waals surface area contributed by atoms with Crippen molar-refractivity contribution in [2.24, 2.45) is 0 Å². The molecule has 6 nitrogen and oxygen atoms in total. The summed E-state index contributed by atoms with van der Waals surface area (Å²) in [5.41, 5.74) is 1.09. The number of aryl methyl sites for hydroxylation is 1. The third kappa shape index (κ3) is 3.76. The number of rotatable bonds is 6. The second kappa shape index (κ2) is 7.57. The van der Waals surface area contributed by atoms with Crippen LogP contribution >= 0.6 is 11.3 Å². The quantitative estimate of drug-likeness (QED) is 0.824. The van der Waals surface area contributed by atoms with Crippen LogP contribution in [-0.2, 0) is 17.6 Å². The first-order valence-corrected chi connectivity index (χ1v) is 8.85. The number of hydrogen-bond acceptors (Lipinski definition) is 5. The van der Waals surface area contributed by atoms with Gasteiger partial charge in [-0.25, -0.2) is 4.79 Å². The van der Waals surface area contributed by atoms with Crippen LogP contribution in [0.25, 0.3) is 0 Å². The number of aromatic carboxylic acids is 1. The normalized spacial score (nSPS) is 13.0. The van der Waals surface area contributed by atoms with Crippen LogP contribution in [0.1, 0.15) is 33.6 Å². The van der Waals surface area contributed by atoms with Crippen molar-refractivity contribution in [2.75, 3.05) is 19.0 Å². The lowest BCUT2D eigenvalue weighted by atomic mass is 9.95. The Labute approximate surface area is 149 Å². The molecule has 0 aliphatic heterocycles. The minimum atomic E-state index is -1.000. The van der Waals surface area contributed by atoms with Crippen molar-refractivity contribution in [2.45, 2.75) is 25.7 Å². The van der Waals surface area contributed by atoms with Crippen molar-refractivity contribution in [1.82, 2.24) is 0 Å². The van der Waals surface area contributed by atoms with Crippen LogP contribution in [-0.4, -0.2) is 30.7 Å². The number of methoxy groups -OCH3 is 1. The molecule has 1 aliphatic carbocycles. The van der Waals surface area contributed by atoms with Gasteiger partial charge in [0, 0.05) is 4.88 Å². The van der Waals surface area contributed by atoms with Crippen molar-refractivity contribution in [3.63, 3.8) is 0 Å². The average molecular weight is 361 g/mol. The molecule has 132 valence electrons. The summed E-state index contributed by atoms with van der Waals surface area (Å²) in [7, 11) is 1.53. The van der Waals surface area contributed by atoms with Gasteiger partial charge in [0.05, 0.1) is 12.7 Å². The van der Waals surface area contributed by atoms with Gasteiger partial charge in [-0.1, -0.05) is 12.1 Å². The maximum Gasteiger partial charge on any atom is 0.339 e. The Morgan fingerprint density at radius 2 is 1.92 bits per heavy atom. The minimum Gasteiger partial charge on any atom is -0.493 e. The number of anilines is 1. The highest BCUT2D eigenvalue weighted by Gasteiger charge is 2.26. The summed E-state index contributed by atoms with van der Waals surface area (Å²) >= 11 is 1.35. The lowest BCUT2D eigenvalue weighted by molar-refractivity contribution is -0.118. The van der Waals surface area contributed by atoms with E-state index >= 15 is 0 Å². The summed E-state index contributed by atoms with van der Waals surface area (Å²) in [4.78, 5) is 24.9. The lowest BCUT2D eigenvalue weighted by Crippen LogP contribution is -2.21. The van der Waals surface area contributed by atoms with Crippen LogP contribution in [0.4, 0.5) is 5.00 Å². The third-order valence-electron chi connectivity index (χ3n) is 4.07. The number of benzene rings is 1. The minimum absolute atomic E-state index is 0.220. The molecule has 1 aromatic heterocycles. The summed E-state index contributed by atoms with van der Waals surface area (Å²) in [6, 6.07) is 7.04. The molecule has 0 spiro atoms. The Kier molecular flexibility index (Phi) is 5.23. The monoisotopic (exact) mass is 361 g/mol. The van der Waals surface area contributed by atoms with Crippen LogP contribution in [0.2, 0.25) is 0 Å². The number of carbonyl (C=O) groups is 2. The second-order valence-electron chi connectivity index (χ2n) is 5.71. The van der Waals surface area contributed by atoms with Crippen molar-refractivity contribution < 1.29 is 24.2 Å². The predicted molar refractivity (Wildman–Crippen MR) is 95.0 cm³/mol. The fourth-order valence-corrected chi connectivity index (χ4v) is 4.22. The van der Waals surface area contributed by atoms with Gasteiger partial charge >= 0.3 is 5.97 Å². The first-order valence-electron chi connectivity index (χ1n) is 8.03. The van der Waals surface area contributed by atoms with Crippen molar-refractivity contribution in [3.05, 3.63) is 40.3 Å². The molecule has 1 amide bonds. The second-order valence-corrected chi connectivity index (χ2v) is 6.81. The van der Waals surface area contributed by atoms with Crippen LogP contribution in [0, 0.1) is 0 Å². The molecule has 0 saturated heterocycles. The zero-order chi connectivity index (χ0) is 17.8. The van der Waals surface area contributed by atoms with Gasteiger partial charge < -0.3 is 19.9 Å². The maximum atomic E-state index is 12.2. The molecule has 2 aromatic rings. The number of amides is 1. The van der Waals surface area contributed by atoms with Gasteiger partial charge in [0.25, 0.3) is 5.91 Å². The molecule has 1 aliphatic rings. The van der Waals surface area contributed by atoms with Crippen LogP contribution in [0.15, 0.2) is 24.3 Å². The molecular formula is C18H19NO5S. The summed E-state index contributed by atoms with van der Waals surface area (Å²) in [5, 5.41) is 12.6. The molecule has 2 N–H and O–H groups in total. The molecule has 7 heteroatoms. The summed E-state index contributed by atoms with van der Waals surface area (Å²) in [5.74, 6) is -0.399. The Bertz CT molecular complexity index is 799. The fraction of sp³-hybridized carbons (Fsp3) is 0.333. The van der Waals surface area contributed by atoms with Crippen molar-refractivity contribution in [3.8, 4) is 11.5 Å². The molecule has 0 atom stereocenters. The number of ether oxygens (including phenoxy) is 2. The van der Waals surface area contributed by atoms with Crippen LogP contribution < -0.4 is 14.8 Å². The van der Waals surface area contributed by atoms with Crippen molar-refractivity contribution >= 4 is 28.2 Å².